The van der Waals surface area contributed by atoms with Crippen LogP contribution in [-0.4, -0.2) is 56.8 Å². The molecular formula is C16H16N6O4S. The molecule has 1 aliphatic rings. The third kappa shape index (κ3) is 2.95. The van der Waals surface area contributed by atoms with Gasteiger partial charge in [-0.1, -0.05) is 0 Å². The summed E-state index contributed by atoms with van der Waals surface area (Å²) in [5, 5.41) is 11.9. The van der Waals surface area contributed by atoms with E-state index in [0.717, 1.165) is 0 Å². The number of aromatic carboxylic acids is 1. The Hall–Kier alpha value is -2.89. The first-order valence-electron chi connectivity index (χ1n) is 8.10. The predicted molar refractivity (Wildman–Crippen MR) is 98.6 cm³/mol. The molecule has 11 heteroatoms. The van der Waals surface area contributed by atoms with E-state index in [1.165, 1.54) is 22.1 Å². The molecule has 0 aliphatic carbocycles. The van der Waals surface area contributed by atoms with Gasteiger partial charge >= 0.3 is 5.97 Å². The van der Waals surface area contributed by atoms with Crippen LogP contribution < -0.4 is 15.8 Å². The van der Waals surface area contributed by atoms with Crippen molar-refractivity contribution < 1.29 is 14.7 Å². The molecule has 0 radical (unpaired) electrons. The number of nitrogens with zero attached hydrogens (tertiary/aromatic N) is 5. The molecule has 0 spiro atoms. The normalized spacial score (nSPS) is 14.5. The Bertz CT molecular complexity index is 1070. The Kier molecular flexibility index (Phi) is 4.34. The van der Waals surface area contributed by atoms with E-state index >= 15 is 0 Å². The van der Waals surface area contributed by atoms with Crippen molar-refractivity contribution in [1.29, 1.82) is 0 Å². The molecule has 2 N–H and O–H groups in total. The molecule has 3 aromatic heterocycles. The number of nitrogens with one attached hydrogen (secondary N) is 1. The number of carbonyl (C=O) groups is 1. The molecule has 0 aromatic carbocycles. The molecule has 0 saturated carbocycles. The zero-order valence-corrected chi connectivity index (χ0v) is 15.4. The van der Waals surface area contributed by atoms with Gasteiger partial charge in [-0.3, -0.25) is 9.36 Å². The van der Waals surface area contributed by atoms with Crippen LogP contribution in [-0.2, 0) is 4.84 Å². The number of aryl methyl sites for hydroxylation is 1. The van der Waals surface area contributed by atoms with Gasteiger partial charge in [-0.15, -0.1) is 11.3 Å². The standard InChI is InChI=1S/C16H16N6O4S/c1-8-11-12(23)10(14(24)25)7-22(16-17-3-4-27-16)13(11)19-15(18-8)21-5-9(6-21)20-26-2/h3-4,7,9,20H,5-6H2,1-2H3,(H,24,25). The quantitative estimate of drug-likeness (QED) is 0.604. The minimum atomic E-state index is -1.30. The van der Waals surface area contributed by atoms with Crippen LogP contribution in [0.15, 0.2) is 22.6 Å². The van der Waals surface area contributed by atoms with E-state index in [-0.39, 0.29) is 17.0 Å². The summed E-state index contributed by atoms with van der Waals surface area (Å²) < 4.78 is 1.54. The summed E-state index contributed by atoms with van der Waals surface area (Å²) in [7, 11) is 1.56. The first kappa shape index (κ1) is 17.5. The number of rotatable bonds is 5. The molecule has 0 amide bonds. The molecule has 0 bridgehead atoms. The second-order valence-electron chi connectivity index (χ2n) is 6.09. The Morgan fingerprint density at radius 3 is 2.81 bits per heavy atom. The fourth-order valence-corrected chi connectivity index (χ4v) is 3.64. The van der Waals surface area contributed by atoms with Gasteiger partial charge in [-0.25, -0.2) is 14.8 Å². The van der Waals surface area contributed by atoms with Gasteiger partial charge in [0, 0.05) is 30.9 Å². The molecule has 0 atom stereocenters. The number of aromatic nitrogens is 4. The topological polar surface area (TPSA) is 122 Å². The number of anilines is 1. The van der Waals surface area contributed by atoms with Gasteiger partial charge in [0.05, 0.1) is 24.2 Å². The highest BCUT2D eigenvalue weighted by Gasteiger charge is 2.30. The van der Waals surface area contributed by atoms with E-state index < -0.39 is 11.4 Å². The van der Waals surface area contributed by atoms with Crippen LogP contribution in [0, 0.1) is 6.92 Å². The van der Waals surface area contributed by atoms with E-state index in [0.29, 0.717) is 35.5 Å². The molecule has 3 aromatic rings. The van der Waals surface area contributed by atoms with Gasteiger partial charge in [0.15, 0.2) is 10.8 Å². The molecule has 4 rings (SSSR count). The fourth-order valence-electron chi connectivity index (χ4n) is 3.02. The number of pyridine rings is 1. The van der Waals surface area contributed by atoms with Crippen molar-refractivity contribution in [2.24, 2.45) is 0 Å². The van der Waals surface area contributed by atoms with Crippen molar-refractivity contribution in [3.8, 4) is 5.13 Å². The van der Waals surface area contributed by atoms with Crippen LogP contribution in [0.2, 0.25) is 0 Å². The Labute approximate surface area is 157 Å². The molecule has 27 heavy (non-hydrogen) atoms. The van der Waals surface area contributed by atoms with Crippen LogP contribution in [0.5, 0.6) is 0 Å². The summed E-state index contributed by atoms with van der Waals surface area (Å²) in [6.07, 6.45) is 2.88. The largest absolute Gasteiger partial charge is 0.477 e. The van der Waals surface area contributed by atoms with Crippen molar-refractivity contribution in [3.63, 3.8) is 0 Å². The second-order valence-corrected chi connectivity index (χ2v) is 6.97. The summed E-state index contributed by atoms with van der Waals surface area (Å²) >= 11 is 1.32. The minimum absolute atomic E-state index is 0.171. The highest BCUT2D eigenvalue weighted by atomic mass is 32.1. The molecule has 140 valence electrons. The van der Waals surface area contributed by atoms with Crippen LogP contribution in [0.25, 0.3) is 16.2 Å². The van der Waals surface area contributed by atoms with Crippen molar-refractivity contribution in [2.45, 2.75) is 13.0 Å². The smallest absolute Gasteiger partial charge is 0.341 e. The number of fused-ring (bicyclic) bond motifs is 1. The van der Waals surface area contributed by atoms with Gasteiger partial charge in [0.25, 0.3) is 0 Å². The van der Waals surface area contributed by atoms with E-state index in [2.05, 4.69) is 20.4 Å². The zero-order valence-electron chi connectivity index (χ0n) is 14.5. The molecule has 1 saturated heterocycles. The maximum atomic E-state index is 12.7. The lowest BCUT2D eigenvalue weighted by Gasteiger charge is -2.39. The van der Waals surface area contributed by atoms with Crippen LogP contribution >= 0.6 is 11.3 Å². The summed E-state index contributed by atoms with van der Waals surface area (Å²) in [5.74, 6) is -0.825. The third-order valence-electron chi connectivity index (χ3n) is 4.32. The van der Waals surface area contributed by atoms with E-state index in [1.54, 1.807) is 25.6 Å². The predicted octanol–water partition coefficient (Wildman–Crippen LogP) is 0.583. The molecular weight excluding hydrogens is 372 g/mol. The van der Waals surface area contributed by atoms with Crippen molar-refractivity contribution in [3.05, 3.63) is 39.3 Å². The van der Waals surface area contributed by atoms with E-state index in [1.807, 2.05) is 4.90 Å². The van der Waals surface area contributed by atoms with Crippen molar-refractivity contribution in [1.82, 2.24) is 25.0 Å². The average molecular weight is 388 g/mol. The number of hydrogen-bond acceptors (Lipinski definition) is 9. The number of thiazole rings is 1. The average Bonchev–Trinajstić information content (AvgIpc) is 3.11. The SMILES string of the molecule is CONC1CN(c2nc(C)c3c(=O)c(C(=O)O)cn(-c4nccs4)c3n2)C1. The molecule has 1 fully saturated rings. The van der Waals surface area contributed by atoms with Gasteiger partial charge in [0.2, 0.25) is 11.4 Å². The molecule has 10 nitrogen and oxygen atoms in total. The summed E-state index contributed by atoms with van der Waals surface area (Å²) in [5.41, 5.74) is 2.69. The Balaban J connectivity index is 1.90. The number of hydroxylamine groups is 1. The molecule has 4 heterocycles. The number of carboxylic acids is 1. The van der Waals surface area contributed by atoms with Gasteiger partial charge in [0.1, 0.15) is 5.56 Å². The van der Waals surface area contributed by atoms with Gasteiger partial charge < -0.3 is 14.8 Å². The molecule has 1 aliphatic heterocycles. The van der Waals surface area contributed by atoms with Gasteiger partial charge in [-0.05, 0) is 6.92 Å². The fraction of sp³-hybridized carbons (Fsp3) is 0.312. The number of carboxylic acid groups (broad SMARTS) is 1. The maximum absolute atomic E-state index is 12.7. The summed E-state index contributed by atoms with van der Waals surface area (Å²) in [6.45, 7) is 3.00. The van der Waals surface area contributed by atoms with Crippen LogP contribution in [0.3, 0.4) is 0 Å². The zero-order chi connectivity index (χ0) is 19.1. The summed E-state index contributed by atoms with van der Waals surface area (Å²) in [4.78, 5) is 44.3. The van der Waals surface area contributed by atoms with Crippen molar-refractivity contribution in [2.75, 3.05) is 25.1 Å². The Morgan fingerprint density at radius 1 is 1.41 bits per heavy atom. The lowest BCUT2D eigenvalue weighted by atomic mass is 10.1. The highest BCUT2D eigenvalue weighted by molar-refractivity contribution is 7.12. The van der Waals surface area contributed by atoms with Crippen LogP contribution in [0.1, 0.15) is 16.1 Å². The lowest BCUT2D eigenvalue weighted by Crippen LogP contribution is -2.58. The second kappa shape index (κ2) is 6.68. The maximum Gasteiger partial charge on any atom is 0.341 e. The lowest BCUT2D eigenvalue weighted by molar-refractivity contribution is 0.0516. The third-order valence-corrected chi connectivity index (χ3v) is 5.09. The van der Waals surface area contributed by atoms with E-state index in [4.69, 9.17) is 4.84 Å². The first-order valence-corrected chi connectivity index (χ1v) is 8.98. The highest BCUT2D eigenvalue weighted by Crippen LogP contribution is 2.24. The monoisotopic (exact) mass is 388 g/mol. The first-order chi connectivity index (χ1) is 13.0. The van der Waals surface area contributed by atoms with Crippen molar-refractivity contribution >= 4 is 34.3 Å². The molecule has 0 unspecified atom stereocenters. The van der Waals surface area contributed by atoms with Gasteiger partial charge in [-0.2, -0.15) is 10.5 Å². The minimum Gasteiger partial charge on any atom is -0.477 e. The number of hydrogen-bond donors (Lipinski definition) is 2. The summed E-state index contributed by atoms with van der Waals surface area (Å²) in [6, 6.07) is 0.171. The Morgan fingerprint density at radius 2 is 2.19 bits per heavy atom. The van der Waals surface area contributed by atoms with E-state index in [9.17, 15) is 14.7 Å². The van der Waals surface area contributed by atoms with Crippen LogP contribution in [0.4, 0.5) is 5.95 Å².